The van der Waals surface area contributed by atoms with E-state index in [-0.39, 0.29) is 12.0 Å². The van der Waals surface area contributed by atoms with Gasteiger partial charge in [0.15, 0.2) is 0 Å². The molecule has 0 spiro atoms. The molecule has 2 fully saturated rings. The standard InChI is InChI=1S/C13H24N2O2/c16-13(12-10-14-8-9-17-12)15-7-6-11-4-2-1-3-5-11/h11-12,14H,1-10H2,(H,15,16). The van der Waals surface area contributed by atoms with Crippen LogP contribution < -0.4 is 10.6 Å². The molecule has 1 amide bonds. The van der Waals surface area contributed by atoms with Crippen LogP contribution in [0.4, 0.5) is 0 Å². The third-order valence-electron chi connectivity index (χ3n) is 3.80. The number of hydrogen-bond donors (Lipinski definition) is 2. The first kappa shape index (κ1) is 12.8. The highest BCUT2D eigenvalue weighted by atomic mass is 16.5. The fraction of sp³-hybridized carbons (Fsp3) is 0.923. The van der Waals surface area contributed by atoms with Crippen LogP contribution >= 0.6 is 0 Å². The normalized spacial score (nSPS) is 26.7. The second-order valence-corrected chi connectivity index (χ2v) is 5.15. The number of carbonyl (C=O) groups is 1. The Balaban J connectivity index is 1.58. The van der Waals surface area contributed by atoms with Crippen LogP contribution in [0.2, 0.25) is 0 Å². The summed E-state index contributed by atoms with van der Waals surface area (Å²) in [6.07, 6.45) is 7.67. The molecule has 1 saturated carbocycles. The van der Waals surface area contributed by atoms with Gasteiger partial charge >= 0.3 is 0 Å². The minimum absolute atomic E-state index is 0.0491. The Kier molecular flexibility index (Phi) is 5.26. The maximum absolute atomic E-state index is 11.8. The lowest BCUT2D eigenvalue weighted by atomic mass is 9.87. The molecule has 2 N–H and O–H groups in total. The number of hydrogen-bond acceptors (Lipinski definition) is 3. The first-order chi connectivity index (χ1) is 8.36. The molecule has 1 unspecified atom stereocenters. The SMILES string of the molecule is O=C(NCCC1CCCCC1)C1CNCCO1. The second-order valence-electron chi connectivity index (χ2n) is 5.15. The van der Waals surface area contributed by atoms with Crippen molar-refractivity contribution in [2.45, 2.75) is 44.6 Å². The van der Waals surface area contributed by atoms with E-state index in [9.17, 15) is 4.79 Å². The summed E-state index contributed by atoms with van der Waals surface area (Å²) in [5.41, 5.74) is 0. The average Bonchev–Trinajstić information content (AvgIpc) is 2.41. The molecule has 2 rings (SSSR count). The zero-order chi connectivity index (χ0) is 11.9. The number of rotatable bonds is 4. The van der Waals surface area contributed by atoms with Crippen molar-refractivity contribution >= 4 is 5.91 Å². The molecule has 2 aliphatic rings. The van der Waals surface area contributed by atoms with Gasteiger partial charge in [0.05, 0.1) is 6.61 Å². The zero-order valence-corrected chi connectivity index (χ0v) is 10.5. The Bertz CT molecular complexity index is 234. The number of nitrogens with one attached hydrogen (secondary N) is 2. The minimum Gasteiger partial charge on any atom is -0.366 e. The smallest absolute Gasteiger partial charge is 0.250 e. The Labute approximate surface area is 103 Å². The van der Waals surface area contributed by atoms with Crippen LogP contribution in [0.25, 0.3) is 0 Å². The van der Waals surface area contributed by atoms with Crippen LogP contribution in [0.5, 0.6) is 0 Å². The molecule has 0 bridgehead atoms. The Hall–Kier alpha value is -0.610. The van der Waals surface area contributed by atoms with E-state index in [1.54, 1.807) is 0 Å². The lowest BCUT2D eigenvalue weighted by Gasteiger charge is -2.24. The summed E-state index contributed by atoms with van der Waals surface area (Å²) in [5, 5.41) is 6.17. The molecule has 1 heterocycles. The molecule has 0 radical (unpaired) electrons. The number of amides is 1. The van der Waals surface area contributed by atoms with Gasteiger partial charge in [-0.2, -0.15) is 0 Å². The number of morpholine rings is 1. The fourth-order valence-electron chi connectivity index (χ4n) is 2.72. The third kappa shape index (κ3) is 4.28. The average molecular weight is 240 g/mol. The first-order valence-corrected chi connectivity index (χ1v) is 6.96. The van der Waals surface area contributed by atoms with Gasteiger partial charge in [-0.15, -0.1) is 0 Å². The zero-order valence-electron chi connectivity index (χ0n) is 10.5. The summed E-state index contributed by atoms with van der Waals surface area (Å²) in [6.45, 7) is 2.95. The van der Waals surface area contributed by atoms with E-state index in [1.165, 1.54) is 32.1 Å². The number of ether oxygens (including phenoxy) is 1. The summed E-state index contributed by atoms with van der Waals surface area (Å²) in [5.74, 6) is 0.877. The summed E-state index contributed by atoms with van der Waals surface area (Å²) in [4.78, 5) is 11.8. The molecule has 1 saturated heterocycles. The Morgan fingerprint density at radius 3 is 2.82 bits per heavy atom. The van der Waals surface area contributed by atoms with E-state index in [1.807, 2.05) is 0 Å². The summed E-state index contributed by atoms with van der Waals surface area (Å²) in [6, 6.07) is 0. The maximum atomic E-state index is 11.8. The van der Waals surface area contributed by atoms with E-state index >= 15 is 0 Å². The quantitative estimate of drug-likeness (QED) is 0.772. The van der Waals surface area contributed by atoms with Gasteiger partial charge in [0.25, 0.3) is 0 Å². The van der Waals surface area contributed by atoms with Crippen LogP contribution in [0.3, 0.4) is 0 Å². The molecule has 1 atom stereocenters. The van der Waals surface area contributed by atoms with E-state index in [0.29, 0.717) is 13.2 Å². The summed E-state index contributed by atoms with van der Waals surface area (Å²) >= 11 is 0. The first-order valence-electron chi connectivity index (χ1n) is 6.96. The molecule has 98 valence electrons. The molecule has 17 heavy (non-hydrogen) atoms. The van der Waals surface area contributed by atoms with Gasteiger partial charge in [-0.05, 0) is 12.3 Å². The molecule has 0 aromatic rings. The predicted molar refractivity (Wildman–Crippen MR) is 66.8 cm³/mol. The molecule has 1 aliphatic heterocycles. The highest BCUT2D eigenvalue weighted by Crippen LogP contribution is 2.25. The van der Waals surface area contributed by atoms with Crippen molar-refractivity contribution in [3.05, 3.63) is 0 Å². The highest BCUT2D eigenvalue weighted by Gasteiger charge is 2.21. The van der Waals surface area contributed by atoms with Crippen molar-refractivity contribution in [1.29, 1.82) is 0 Å². The van der Waals surface area contributed by atoms with Crippen molar-refractivity contribution < 1.29 is 9.53 Å². The Morgan fingerprint density at radius 1 is 1.29 bits per heavy atom. The van der Waals surface area contributed by atoms with Crippen LogP contribution in [-0.2, 0) is 9.53 Å². The third-order valence-corrected chi connectivity index (χ3v) is 3.80. The Morgan fingerprint density at radius 2 is 2.12 bits per heavy atom. The van der Waals surface area contributed by atoms with Crippen molar-refractivity contribution in [3.63, 3.8) is 0 Å². The predicted octanol–water partition coefficient (Wildman–Crippen LogP) is 1.06. The lowest BCUT2D eigenvalue weighted by molar-refractivity contribution is -0.134. The molecule has 4 nitrogen and oxygen atoms in total. The topological polar surface area (TPSA) is 50.4 Å². The molecule has 0 aromatic carbocycles. The summed E-state index contributed by atoms with van der Waals surface area (Å²) < 4.78 is 5.41. The van der Waals surface area contributed by atoms with Crippen LogP contribution in [0, 0.1) is 5.92 Å². The fourth-order valence-corrected chi connectivity index (χ4v) is 2.72. The molecule has 1 aliphatic carbocycles. The van der Waals surface area contributed by atoms with Gasteiger partial charge in [-0.1, -0.05) is 32.1 Å². The van der Waals surface area contributed by atoms with Crippen molar-refractivity contribution in [2.75, 3.05) is 26.2 Å². The van der Waals surface area contributed by atoms with E-state index in [4.69, 9.17) is 4.74 Å². The molecular weight excluding hydrogens is 216 g/mol. The van der Waals surface area contributed by atoms with Gasteiger partial charge < -0.3 is 15.4 Å². The second kappa shape index (κ2) is 6.97. The van der Waals surface area contributed by atoms with Gasteiger partial charge in [-0.3, -0.25) is 4.79 Å². The van der Waals surface area contributed by atoms with E-state index in [2.05, 4.69) is 10.6 Å². The van der Waals surface area contributed by atoms with Crippen LogP contribution in [0.1, 0.15) is 38.5 Å². The van der Waals surface area contributed by atoms with E-state index in [0.717, 1.165) is 25.4 Å². The van der Waals surface area contributed by atoms with Crippen molar-refractivity contribution in [3.8, 4) is 0 Å². The van der Waals surface area contributed by atoms with E-state index < -0.39 is 0 Å². The molecular formula is C13H24N2O2. The van der Waals surface area contributed by atoms with Crippen molar-refractivity contribution in [2.24, 2.45) is 5.92 Å². The highest BCUT2D eigenvalue weighted by molar-refractivity contribution is 5.81. The van der Waals surface area contributed by atoms with Gasteiger partial charge in [0.1, 0.15) is 6.10 Å². The van der Waals surface area contributed by atoms with Crippen LogP contribution in [0.15, 0.2) is 0 Å². The van der Waals surface area contributed by atoms with Gasteiger partial charge in [-0.25, -0.2) is 0 Å². The lowest BCUT2D eigenvalue weighted by Crippen LogP contribution is -2.48. The van der Waals surface area contributed by atoms with Crippen LogP contribution in [-0.4, -0.2) is 38.3 Å². The monoisotopic (exact) mass is 240 g/mol. The molecule has 0 aromatic heterocycles. The minimum atomic E-state index is -0.282. The van der Waals surface area contributed by atoms with Crippen molar-refractivity contribution in [1.82, 2.24) is 10.6 Å². The van der Waals surface area contributed by atoms with Gasteiger partial charge in [0, 0.05) is 19.6 Å². The number of carbonyl (C=O) groups excluding carboxylic acids is 1. The summed E-state index contributed by atoms with van der Waals surface area (Å²) in [7, 11) is 0. The largest absolute Gasteiger partial charge is 0.366 e. The van der Waals surface area contributed by atoms with Gasteiger partial charge in [0.2, 0.25) is 5.91 Å². The maximum Gasteiger partial charge on any atom is 0.250 e. The molecule has 4 heteroatoms.